The molecular formula is C25H27ClF2N2O. The number of amides is 1. The normalized spacial score (nSPS) is 17.7. The second-order valence-electron chi connectivity index (χ2n) is 8.56. The zero-order valence-corrected chi connectivity index (χ0v) is 18.3. The maximum atomic E-state index is 14.3. The fourth-order valence-corrected chi connectivity index (χ4v) is 5.09. The number of rotatable bonds is 6. The van der Waals surface area contributed by atoms with E-state index in [1.54, 1.807) is 12.1 Å². The number of carbonyl (C=O) groups excluding carboxylic acids is 1. The average molecular weight is 445 g/mol. The number of hydrogen-bond acceptors (Lipinski definition) is 2. The summed E-state index contributed by atoms with van der Waals surface area (Å²) in [4.78, 5) is 17.2. The van der Waals surface area contributed by atoms with Crippen LogP contribution in [0.5, 0.6) is 0 Å². The molecule has 0 N–H and O–H groups in total. The Morgan fingerprint density at radius 2 is 1.84 bits per heavy atom. The third kappa shape index (κ3) is 4.26. The summed E-state index contributed by atoms with van der Waals surface area (Å²) in [6.07, 6.45) is 7.02. The van der Waals surface area contributed by atoms with Gasteiger partial charge in [-0.1, -0.05) is 23.7 Å². The molecule has 1 fully saturated rings. The lowest BCUT2D eigenvalue weighted by atomic mass is 9.74. The first kappa shape index (κ1) is 22.0. The summed E-state index contributed by atoms with van der Waals surface area (Å²) in [5.41, 5.74) is 0.975. The molecule has 1 amide bonds. The molecule has 2 heterocycles. The van der Waals surface area contributed by atoms with Crippen LogP contribution >= 0.6 is 11.6 Å². The number of fused-ring (bicyclic) bond motifs is 2. The summed E-state index contributed by atoms with van der Waals surface area (Å²) in [5, 5.41) is 0.608. The van der Waals surface area contributed by atoms with Gasteiger partial charge in [0.1, 0.15) is 17.2 Å². The van der Waals surface area contributed by atoms with Gasteiger partial charge in [-0.25, -0.2) is 8.78 Å². The first-order valence-corrected chi connectivity index (χ1v) is 11.2. The largest absolute Gasteiger partial charge is 0.307 e. The molecule has 31 heavy (non-hydrogen) atoms. The second-order valence-corrected chi connectivity index (χ2v) is 8.99. The first-order chi connectivity index (χ1) is 14.9. The zero-order valence-electron chi connectivity index (χ0n) is 17.5. The van der Waals surface area contributed by atoms with Gasteiger partial charge in [-0.05, 0) is 87.6 Å². The van der Waals surface area contributed by atoms with Crippen LogP contribution in [0.2, 0.25) is 5.02 Å². The third-order valence-corrected chi connectivity index (χ3v) is 6.88. The predicted octanol–water partition coefficient (Wildman–Crippen LogP) is 5.97. The Morgan fingerprint density at radius 1 is 1.13 bits per heavy atom. The molecule has 1 spiro atoms. The fraction of sp³-hybridized carbons (Fsp3) is 0.400. The summed E-state index contributed by atoms with van der Waals surface area (Å²) in [7, 11) is 0. The molecule has 164 valence electrons. The van der Waals surface area contributed by atoms with Crippen molar-refractivity contribution < 1.29 is 13.6 Å². The van der Waals surface area contributed by atoms with E-state index in [0.29, 0.717) is 17.3 Å². The highest BCUT2D eigenvalue weighted by Gasteiger charge is 2.47. The molecule has 0 saturated carbocycles. The van der Waals surface area contributed by atoms with Crippen LogP contribution in [0.1, 0.15) is 48.0 Å². The fourth-order valence-electron chi connectivity index (χ4n) is 4.92. The Labute approximate surface area is 187 Å². The van der Waals surface area contributed by atoms with Crippen molar-refractivity contribution >= 4 is 23.2 Å². The highest BCUT2D eigenvalue weighted by molar-refractivity contribution is 6.30. The van der Waals surface area contributed by atoms with E-state index in [9.17, 15) is 13.6 Å². The summed E-state index contributed by atoms with van der Waals surface area (Å²) in [6, 6.07) is 8.95. The molecule has 0 atom stereocenters. The SMILES string of the molecule is C=CCCCCN1CCC2(CC1)CN(C(=O)c1c(F)cccc1F)c1ccc(Cl)cc12. The highest BCUT2D eigenvalue weighted by atomic mass is 35.5. The van der Waals surface area contributed by atoms with Crippen molar-refractivity contribution in [1.29, 1.82) is 0 Å². The number of halogens is 3. The van der Waals surface area contributed by atoms with Gasteiger partial charge in [0.25, 0.3) is 5.91 Å². The third-order valence-electron chi connectivity index (χ3n) is 6.65. The number of carbonyl (C=O) groups is 1. The molecule has 2 aliphatic rings. The minimum absolute atomic E-state index is 0.241. The van der Waals surface area contributed by atoms with Crippen LogP contribution in [-0.4, -0.2) is 37.0 Å². The van der Waals surface area contributed by atoms with Gasteiger partial charge in [-0.15, -0.1) is 6.58 Å². The van der Waals surface area contributed by atoms with Gasteiger partial charge in [0.15, 0.2) is 0 Å². The molecule has 0 bridgehead atoms. The van der Waals surface area contributed by atoms with Crippen molar-refractivity contribution in [2.75, 3.05) is 31.1 Å². The van der Waals surface area contributed by atoms with Crippen molar-refractivity contribution in [2.24, 2.45) is 0 Å². The van der Waals surface area contributed by atoms with Gasteiger partial charge in [0, 0.05) is 22.7 Å². The van der Waals surface area contributed by atoms with E-state index in [2.05, 4.69) is 11.5 Å². The smallest absolute Gasteiger partial charge is 0.264 e. The molecule has 0 aliphatic carbocycles. The Morgan fingerprint density at radius 3 is 2.52 bits per heavy atom. The van der Waals surface area contributed by atoms with Gasteiger partial charge >= 0.3 is 0 Å². The molecule has 0 radical (unpaired) electrons. The molecule has 3 nitrogen and oxygen atoms in total. The maximum Gasteiger partial charge on any atom is 0.264 e. The number of likely N-dealkylation sites (tertiary alicyclic amines) is 1. The average Bonchev–Trinajstić information content (AvgIpc) is 3.06. The van der Waals surface area contributed by atoms with Gasteiger partial charge < -0.3 is 9.80 Å². The van der Waals surface area contributed by atoms with Crippen molar-refractivity contribution in [3.05, 3.63) is 76.8 Å². The van der Waals surface area contributed by atoms with Gasteiger partial charge in [-0.3, -0.25) is 4.79 Å². The van der Waals surface area contributed by atoms with Gasteiger partial charge in [0.2, 0.25) is 0 Å². The lowest BCUT2D eigenvalue weighted by molar-refractivity contribution is 0.0968. The van der Waals surface area contributed by atoms with Crippen molar-refractivity contribution in [1.82, 2.24) is 4.90 Å². The summed E-state index contributed by atoms with van der Waals surface area (Å²) >= 11 is 6.31. The highest BCUT2D eigenvalue weighted by Crippen LogP contribution is 2.48. The van der Waals surface area contributed by atoms with Crippen molar-refractivity contribution in [3.8, 4) is 0 Å². The van der Waals surface area contributed by atoms with E-state index in [1.165, 1.54) is 11.0 Å². The number of nitrogens with zero attached hydrogens (tertiary/aromatic N) is 2. The molecule has 0 aromatic heterocycles. The minimum Gasteiger partial charge on any atom is -0.307 e. The van der Waals surface area contributed by atoms with E-state index in [-0.39, 0.29) is 5.41 Å². The van der Waals surface area contributed by atoms with E-state index in [0.717, 1.165) is 69.4 Å². The lowest BCUT2D eigenvalue weighted by Crippen LogP contribution is -2.46. The van der Waals surface area contributed by atoms with Gasteiger partial charge in [-0.2, -0.15) is 0 Å². The van der Waals surface area contributed by atoms with Crippen LogP contribution in [0, 0.1) is 11.6 Å². The number of hydrogen-bond donors (Lipinski definition) is 0. The second kappa shape index (κ2) is 9.09. The molecule has 4 rings (SSSR count). The molecule has 6 heteroatoms. The van der Waals surface area contributed by atoms with E-state index in [1.807, 2.05) is 12.1 Å². The maximum absolute atomic E-state index is 14.3. The van der Waals surface area contributed by atoms with E-state index in [4.69, 9.17) is 11.6 Å². The quantitative estimate of drug-likeness (QED) is 0.405. The molecule has 2 aromatic carbocycles. The molecule has 2 aliphatic heterocycles. The zero-order chi connectivity index (χ0) is 22.0. The first-order valence-electron chi connectivity index (χ1n) is 10.8. The standard InChI is InChI=1S/C25H27ClF2N2O/c1-2-3-4-5-13-29-14-11-25(12-15-29)17-30(22-10-9-18(26)16-19(22)25)24(31)23-20(27)7-6-8-21(23)28/h2,6-10,16H,1,3-5,11-15,17H2. The molecule has 1 saturated heterocycles. The molecular weight excluding hydrogens is 418 g/mol. The van der Waals surface area contributed by atoms with E-state index >= 15 is 0 Å². The van der Waals surface area contributed by atoms with Crippen molar-refractivity contribution in [3.63, 3.8) is 0 Å². The Hall–Kier alpha value is -2.24. The van der Waals surface area contributed by atoms with E-state index < -0.39 is 23.1 Å². The van der Waals surface area contributed by atoms with Crippen LogP contribution < -0.4 is 4.90 Å². The lowest BCUT2D eigenvalue weighted by Gasteiger charge is -2.40. The Balaban J connectivity index is 1.57. The topological polar surface area (TPSA) is 23.6 Å². The van der Waals surface area contributed by atoms with Crippen LogP contribution in [0.4, 0.5) is 14.5 Å². The van der Waals surface area contributed by atoms with Gasteiger partial charge in [0.05, 0.1) is 0 Å². The van der Waals surface area contributed by atoms with Crippen LogP contribution in [-0.2, 0) is 5.41 Å². The Bertz CT molecular complexity index is 965. The number of allylic oxidation sites excluding steroid dienone is 1. The predicted molar refractivity (Wildman–Crippen MR) is 121 cm³/mol. The van der Waals surface area contributed by atoms with Crippen LogP contribution in [0.25, 0.3) is 0 Å². The Kier molecular flexibility index (Phi) is 6.44. The van der Waals surface area contributed by atoms with Crippen LogP contribution in [0.15, 0.2) is 49.1 Å². The minimum atomic E-state index is -0.837. The number of unbranched alkanes of at least 4 members (excludes halogenated alkanes) is 2. The molecule has 0 unspecified atom stereocenters. The molecule has 2 aromatic rings. The monoisotopic (exact) mass is 444 g/mol. The summed E-state index contributed by atoms with van der Waals surface area (Å²) in [5.74, 6) is -2.31. The van der Waals surface area contributed by atoms with Crippen LogP contribution in [0.3, 0.4) is 0 Å². The summed E-state index contributed by atoms with van der Waals surface area (Å²) in [6.45, 7) is 7.09. The number of anilines is 1. The number of benzene rings is 2. The summed E-state index contributed by atoms with van der Waals surface area (Å²) < 4.78 is 28.7. The van der Waals surface area contributed by atoms with Crippen molar-refractivity contribution in [2.45, 2.75) is 37.5 Å². The number of piperidine rings is 1.